The lowest BCUT2D eigenvalue weighted by Gasteiger charge is -2.14. The van der Waals surface area contributed by atoms with Crippen LogP contribution in [0.25, 0.3) is 16.7 Å². The maximum absolute atomic E-state index is 13.4. The SMILES string of the molecule is O=S(=O)(NCc1nnc(SC[C@@H]2CCCO2)n1-c1cccc(C(F)(F)F)c1)c1cccc2nsnc12. The van der Waals surface area contributed by atoms with E-state index in [2.05, 4.69) is 23.7 Å². The van der Waals surface area contributed by atoms with Crippen LogP contribution < -0.4 is 4.72 Å². The average molecular weight is 557 g/mol. The number of alkyl halides is 3. The zero-order valence-electron chi connectivity index (χ0n) is 18.5. The van der Waals surface area contributed by atoms with Gasteiger partial charge in [0.05, 0.1) is 35.6 Å². The summed E-state index contributed by atoms with van der Waals surface area (Å²) in [6.45, 7) is 0.361. The molecule has 2 aromatic heterocycles. The second kappa shape index (κ2) is 10.0. The zero-order valence-corrected chi connectivity index (χ0v) is 20.9. The highest BCUT2D eigenvalue weighted by atomic mass is 32.2. The molecule has 4 aromatic rings. The van der Waals surface area contributed by atoms with E-state index in [0.717, 1.165) is 36.7 Å². The van der Waals surface area contributed by atoms with E-state index in [9.17, 15) is 21.6 Å². The molecular weight excluding hydrogens is 537 g/mol. The van der Waals surface area contributed by atoms with Crippen molar-refractivity contribution >= 4 is 44.5 Å². The highest BCUT2D eigenvalue weighted by Gasteiger charge is 2.31. The van der Waals surface area contributed by atoms with Crippen LogP contribution in [0.5, 0.6) is 0 Å². The van der Waals surface area contributed by atoms with Gasteiger partial charge in [-0.2, -0.15) is 21.9 Å². The molecule has 0 radical (unpaired) electrons. The van der Waals surface area contributed by atoms with Crippen molar-refractivity contribution in [3.05, 3.63) is 53.9 Å². The predicted molar refractivity (Wildman–Crippen MR) is 127 cm³/mol. The third-order valence-electron chi connectivity index (χ3n) is 5.51. The molecule has 0 bridgehead atoms. The molecule has 1 aliphatic heterocycles. The van der Waals surface area contributed by atoms with Gasteiger partial charge < -0.3 is 4.74 Å². The van der Waals surface area contributed by atoms with Crippen molar-refractivity contribution in [2.45, 2.75) is 41.7 Å². The van der Waals surface area contributed by atoms with Crippen LogP contribution in [0.3, 0.4) is 0 Å². The summed E-state index contributed by atoms with van der Waals surface area (Å²) in [5.41, 5.74) is 0.0210. The Bertz CT molecular complexity index is 1480. The van der Waals surface area contributed by atoms with Crippen molar-refractivity contribution in [1.29, 1.82) is 0 Å². The third-order valence-corrected chi connectivity index (χ3v) is 8.55. The molecule has 0 spiro atoms. The van der Waals surface area contributed by atoms with E-state index in [1.807, 2.05) is 0 Å². The summed E-state index contributed by atoms with van der Waals surface area (Å²) in [6.07, 6.45) is -2.71. The van der Waals surface area contributed by atoms with Crippen molar-refractivity contribution in [3.63, 3.8) is 0 Å². The molecule has 1 saturated heterocycles. The van der Waals surface area contributed by atoms with Crippen LogP contribution >= 0.6 is 23.5 Å². The van der Waals surface area contributed by atoms with E-state index in [1.54, 1.807) is 12.1 Å². The summed E-state index contributed by atoms with van der Waals surface area (Å²) >= 11 is 2.19. The molecule has 1 fully saturated rings. The van der Waals surface area contributed by atoms with Gasteiger partial charge in [0, 0.05) is 12.4 Å². The number of sulfonamides is 1. The first-order valence-corrected chi connectivity index (χ1v) is 14.0. The van der Waals surface area contributed by atoms with Gasteiger partial charge >= 0.3 is 6.18 Å². The maximum Gasteiger partial charge on any atom is 0.416 e. The Morgan fingerprint density at radius 2 is 2.00 bits per heavy atom. The Balaban J connectivity index is 1.46. The van der Waals surface area contributed by atoms with Crippen LogP contribution in [0.15, 0.2) is 52.5 Å². The molecule has 9 nitrogen and oxygen atoms in total. The number of benzene rings is 2. The summed E-state index contributed by atoms with van der Waals surface area (Å²) in [7, 11) is -4.04. The number of nitrogens with one attached hydrogen (secondary N) is 1. The summed E-state index contributed by atoms with van der Waals surface area (Å²) in [5.74, 6) is 0.679. The molecule has 1 atom stereocenters. The molecule has 5 rings (SSSR count). The first-order chi connectivity index (χ1) is 17.2. The average Bonchev–Trinajstić information content (AvgIpc) is 3.61. The summed E-state index contributed by atoms with van der Waals surface area (Å²) in [4.78, 5) is -0.0492. The minimum atomic E-state index is -4.54. The number of thioether (sulfide) groups is 1. The van der Waals surface area contributed by atoms with Crippen molar-refractivity contribution in [1.82, 2.24) is 28.2 Å². The van der Waals surface area contributed by atoms with Gasteiger partial charge in [-0.3, -0.25) is 4.57 Å². The molecule has 1 aliphatic rings. The predicted octanol–water partition coefficient (Wildman–Crippen LogP) is 4.04. The fraction of sp³-hybridized carbons (Fsp3) is 0.333. The monoisotopic (exact) mass is 556 g/mol. The minimum absolute atomic E-state index is 0.0100. The quantitative estimate of drug-likeness (QED) is 0.324. The third kappa shape index (κ3) is 5.25. The lowest BCUT2D eigenvalue weighted by atomic mass is 10.2. The van der Waals surface area contributed by atoms with E-state index < -0.39 is 21.8 Å². The summed E-state index contributed by atoms with van der Waals surface area (Å²) in [6, 6.07) is 9.36. The fourth-order valence-electron chi connectivity index (χ4n) is 3.77. The molecule has 1 N–H and O–H groups in total. The maximum atomic E-state index is 13.4. The molecule has 0 amide bonds. The highest BCUT2D eigenvalue weighted by molar-refractivity contribution is 7.99. The van der Waals surface area contributed by atoms with E-state index in [-0.39, 0.29) is 34.6 Å². The van der Waals surface area contributed by atoms with Gasteiger partial charge in [-0.05, 0) is 43.2 Å². The Labute approximate surface area is 212 Å². The first-order valence-electron chi connectivity index (χ1n) is 10.8. The van der Waals surface area contributed by atoms with E-state index >= 15 is 0 Å². The molecule has 190 valence electrons. The Morgan fingerprint density at radius 3 is 2.78 bits per heavy atom. The molecule has 2 aromatic carbocycles. The largest absolute Gasteiger partial charge is 0.416 e. The van der Waals surface area contributed by atoms with Crippen LogP contribution in [-0.2, 0) is 27.5 Å². The van der Waals surface area contributed by atoms with Crippen molar-refractivity contribution in [3.8, 4) is 5.69 Å². The van der Waals surface area contributed by atoms with Gasteiger partial charge in [0.25, 0.3) is 0 Å². The molecule has 0 aliphatic carbocycles. The van der Waals surface area contributed by atoms with Crippen LogP contribution in [0.4, 0.5) is 13.2 Å². The van der Waals surface area contributed by atoms with Crippen molar-refractivity contribution in [2.24, 2.45) is 0 Å². The summed E-state index contributed by atoms with van der Waals surface area (Å²) < 4.78 is 83.9. The van der Waals surface area contributed by atoms with Crippen molar-refractivity contribution in [2.75, 3.05) is 12.4 Å². The molecule has 0 unspecified atom stereocenters. The Hall–Kier alpha value is -2.59. The fourth-order valence-corrected chi connectivity index (χ4v) is 6.55. The first kappa shape index (κ1) is 25.1. The number of halogens is 3. The van der Waals surface area contributed by atoms with E-state index in [1.165, 1.54) is 34.5 Å². The van der Waals surface area contributed by atoms with Crippen LogP contribution in [0.1, 0.15) is 24.2 Å². The van der Waals surface area contributed by atoms with Gasteiger partial charge in [-0.15, -0.1) is 10.2 Å². The number of ether oxygens (including phenoxy) is 1. The second-order valence-corrected chi connectivity index (χ2v) is 11.2. The van der Waals surface area contributed by atoms with Crippen molar-refractivity contribution < 1.29 is 26.3 Å². The number of nitrogens with zero attached hydrogens (tertiary/aromatic N) is 5. The number of hydrogen-bond acceptors (Lipinski definition) is 9. The lowest BCUT2D eigenvalue weighted by molar-refractivity contribution is -0.137. The van der Waals surface area contributed by atoms with Crippen LogP contribution in [0.2, 0.25) is 0 Å². The Morgan fingerprint density at radius 1 is 1.17 bits per heavy atom. The minimum Gasteiger partial charge on any atom is -0.377 e. The smallest absolute Gasteiger partial charge is 0.377 e. The van der Waals surface area contributed by atoms with Crippen LogP contribution in [0, 0.1) is 0 Å². The highest BCUT2D eigenvalue weighted by Crippen LogP contribution is 2.32. The zero-order chi connectivity index (χ0) is 25.3. The summed E-state index contributed by atoms with van der Waals surface area (Å²) in [5, 5.41) is 8.58. The standard InChI is InChI=1S/C21H19F3N6O3S3/c22-21(23,24)13-4-1-5-14(10-13)30-18(26-27-20(30)34-12-15-6-3-9-33-15)11-25-36(31,32)17-8-2-7-16-19(17)29-35-28-16/h1-2,4-5,7-8,10,15,25H,3,6,9,11-12H2/t15-/m0/s1. The second-order valence-electron chi connectivity index (χ2n) is 7.94. The van der Waals surface area contributed by atoms with Gasteiger partial charge in [-0.1, -0.05) is 23.9 Å². The van der Waals surface area contributed by atoms with Gasteiger partial charge in [0.15, 0.2) is 11.0 Å². The topological polar surface area (TPSA) is 112 Å². The molecule has 0 saturated carbocycles. The number of fused-ring (bicyclic) bond motifs is 1. The van der Waals surface area contributed by atoms with Gasteiger partial charge in [0.1, 0.15) is 15.9 Å². The Kier molecular flexibility index (Phi) is 7.00. The van der Waals surface area contributed by atoms with E-state index in [0.29, 0.717) is 23.0 Å². The normalized spacial score (nSPS) is 16.7. The molecule has 3 heterocycles. The van der Waals surface area contributed by atoms with Crippen LogP contribution in [-0.4, -0.2) is 50.4 Å². The molecule has 15 heteroatoms. The number of aromatic nitrogens is 5. The number of hydrogen-bond donors (Lipinski definition) is 1. The van der Waals surface area contributed by atoms with E-state index in [4.69, 9.17) is 4.74 Å². The molecular formula is C21H19F3N6O3S3. The lowest BCUT2D eigenvalue weighted by Crippen LogP contribution is -2.25. The van der Waals surface area contributed by atoms with Gasteiger partial charge in [0.2, 0.25) is 10.0 Å². The number of rotatable bonds is 8. The van der Waals surface area contributed by atoms with Gasteiger partial charge in [-0.25, -0.2) is 13.1 Å². The molecule has 36 heavy (non-hydrogen) atoms.